The molecule has 0 bridgehead atoms. The van der Waals surface area contributed by atoms with Crippen LogP contribution in [0.5, 0.6) is 0 Å². The first kappa shape index (κ1) is 53.3. The number of thioether (sulfide) groups is 1. The van der Waals surface area contributed by atoms with Crippen molar-refractivity contribution in [3.63, 3.8) is 0 Å². The Morgan fingerprint density at radius 3 is 0.986 bits per heavy atom. The minimum Gasteiger partial charge on any atom is -0.374 e. The van der Waals surface area contributed by atoms with E-state index in [0.29, 0.717) is 33.0 Å². The highest BCUT2D eigenvalue weighted by atomic mass is 32.2. The van der Waals surface area contributed by atoms with E-state index in [4.69, 9.17) is 47.4 Å². The van der Waals surface area contributed by atoms with Crippen LogP contribution in [-0.4, -0.2) is 79.5 Å². The Morgan fingerprint density at radius 1 is 0.324 bits per heavy atom. The predicted octanol–water partition coefficient (Wildman–Crippen LogP) is 11.9. The van der Waals surface area contributed by atoms with Gasteiger partial charge >= 0.3 is 0 Å². The molecule has 0 unspecified atom stereocenters. The van der Waals surface area contributed by atoms with E-state index in [2.05, 4.69) is 79.7 Å². The minimum atomic E-state index is -1.06. The van der Waals surface area contributed by atoms with Crippen LogP contribution in [-0.2, 0) is 93.6 Å². The molecule has 10 nitrogen and oxygen atoms in total. The van der Waals surface area contributed by atoms with E-state index in [0.717, 1.165) is 44.7 Å². The molecule has 0 radical (unpaired) electrons. The third-order valence-electron chi connectivity index (χ3n) is 13.0. The Morgan fingerprint density at radius 2 is 0.622 bits per heavy atom. The van der Waals surface area contributed by atoms with Gasteiger partial charge in [0.1, 0.15) is 54.3 Å². The van der Waals surface area contributed by atoms with Crippen molar-refractivity contribution in [1.82, 2.24) is 0 Å². The summed E-state index contributed by atoms with van der Waals surface area (Å²) in [6.45, 7) is 4.69. The summed E-state index contributed by atoms with van der Waals surface area (Å²) in [5.41, 5.74) is 6.69. The molecule has 2 aliphatic heterocycles. The smallest absolute Gasteiger partial charge is 0.187 e. The maximum Gasteiger partial charge on any atom is 0.187 e. The molecule has 0 spiro atoms. The molecule has 386 valence electrons. The Kier molecular flexibility index (Phi) is 20.9. The van der Waals surface area contributed by atoms with Gasteiger partial charge in [0.15, 0.2) is 6.29 Å². The summed E-state index contributed by atoms with van der Waals surface area (Å²) in [5, 5.41) is 0. The first-order valence-electron chi connectivity index (χ1n) is 25.8. The van der Waals surface area contributed by atoms with Crippen LogP contribution in [0.25, 0.3) is 0 Å². The molecule has 2 heterocycles. The topological polar surface area (TPSA) is 92.3 Å². The number of benzene rings is 7. The number of ether oxygens (including phenoxy) is 10. The van der Waals surface area contributed by atoms with E-state index >= 15 is 0 Å². The van der Waals surface area contributed by atoms with Gasteiger partial charge in [-0.1, -0.05) is 219 Å². The maximum atomic E-state index is 7.59. The average Bonchev–Trinajstić information content (AvgIpc) is 3.45. The summed E-state index contributed by atoms with van der Waals surface area (Å²) < 4.78 is 70.6. The van der Waals surface area contributed by atoms with Crippen molar-refractivity contribution >= 4 is 11.8 Å². The molecule has 0 N–H and O–H groups in total. The van der Waals surface area contributed by atoms with E-state index < -0.39 is 60.6 Å². The molecule has 9 rings (SSSR count). The van der Waals surface area contributed by atoms with E-state index in [9.17, 15) is 0 Å². The van der Waals surface area contributed by atoms with Crippen LogP contribution in [0.4, 0.5) is 0 Å². The summed E-state index contributed by atoms with van der Waals surface area (Å²) in [6, 6.07) is 71.0. The van der Waals surface area contributed by atoms with Gasteiger partial charge in [-0.05, 0) is 44.7 Å². The number of rotatable bonds is 27. The SMILES string of the molecule is CCS[C@@H]1O[C@H](COCc2ccccc2)[C@@H](O[C@H]2O[C@H](COCc3ccccc3)[C@@H](OCc3ccccc3)[C@H](OCc3ccccc3)[C@H]2OCc2ccccc2)[C@H](OCc2ccccc2)[C@H]1OCc1ccccc1. The lowest BCUT2D eigenvalue weighted by Crippen LogP contribution is -2.66. The monoisotopic (exact) mass is 1020 g/mol. The third-order valence-corrected chi connectivity index (χ3v) is 14.1. The highest BCUT2D eigenvalue weighted by Gasteiger charge is 2.54. The van der Waals surface area contributed by atoms with Gasteiger partial charge in [-0.25, -0.2) is 0 Å². The normalized spacial score (nSPS) is 23.9. The molecule has 11 heteroatoms. The fourth-order valence-electron chi connectivity index (χ4n) is 9.25. The number of hydrogen-bond acceptors (Lipinski definition) is 11. The van der Waals surface area contributed by atoms with Gasteiger partial charge in [-0.2, -0.15) is 0 Å². The van der Waals surface area contributed by atoms with Crippen LogP contribution >= 0.6 is 11.8 Å². The van der Waals surface area contributed by atoms with Crippen molar-refractivity contribution in [2.75, 3.05) is 19.0 Å². The first-order valence-corrected chi connectivity index (χ1v) is 26.8. The van der Waals surface area contributed by atoms with Gasteiger partial charge in [0.25, 0.3) is 0 Å². The second-order valence-electron chi connectivity index (χ2n) is 18.4. The third kappa shape index (κ3) is 15.8. The van der Waals surface area contributed by atoms with Gasteiger partial charge in [-0.15, -0.1) is 11.8 Å². The van der Waals surface area contributed by atoms with Crippen molar-refractivity contribution in [3.05, 3.63) is 251 Å². The number of hydrogen-bond donors (Lipinski definition) is 0. The average molecular weight is 1020 g/mol. The van der Waals surface area contributed by atoms with Crippen LogP contribution < -0.4 is 0 Å². The van der Waals surface area contributed by atoms with Crippen molar-refractivity contribution in [2.24, 2.45) is 0 Å². The van der Waals surface area contributed by atoms with E-state index in [1.807, 2.05) is 140 Å². The van der Waals surface area contributed by atoms with E-state index in [-0.39, 0.29) is 26.4 Å². The second-order valence-corrected chi connectivity index (χ2v) is 19.8. The van der Waals surface area contributed by atoms with Crippen molar-refractivity contribution in [3.8, 4) is 0 Å². The molecule has 74 heavy (non-hydrogen) atoms. The van der Waals surface area contributed by atoms with Crippen LogP contribution in [0.15, 0.2) is 212 Å². The fourth-order valence-corrected chi connectivity index (χ4v) is 10.2. The molecule has 10 atom stereocenters. The van der Waals surface area contributed by atoms with Crippen molar-refractivity contribution < 1.29 is 47.4 Å². The maximum absolute atomic E-state index is 7.59. The molecule has 2 fully saturated rings. The molecule has 7 aromatic carbocycles. The van der Waals surface area contributed by atoms with Crippen LogP contribution in [0.1, 0.15) is 45.9 Å². The molecule has 0 amide bonds. The lowest BCUT2D eigenvalue weighted by Gasteiger charge is -2.50. The summed E-state index contributed by atoms with van der Waals surface area (Å²) in [6.07, 6.45) is -6.66. The van der Waals surface area contributed by atoms with Gasteiger partial charge < -0.3 is 47.4 Å². The Bertz CT molecular complexity index is 2590. The summed E-state index contributed by atoms with van der Waals surface area (Å²) in [7, 11) is 0. The fraction of sp³-hybridized carbons (Fsp3) is 0.333. The zero-order valence-corrected chi connectivity index (χ0v) is 42.9. The van der Waals surface area contributed by atoms with Crippen LogP contribution in [0, 0.1) is 0 Å². The predicted molar refractivity (Wildman–Crippen MR) is 288 cm³/mol. The molecule has 0 aromatic heterocycles. The highest BCUT2D eigenvalue weighted by molar-refractivity contribution is 7.99. The molecule has 0 aliphatic carbocycles. The standard InChI is InChI=1S/C63H68O10S/c1-2-74-63-61(70-44-53-36-22-9-23-37-53)59(68-42-51-32-18-7-19-33-51)57(55(72-63)46-65-39-48-26-12-4-13-27-48)73-62-60(69-43-52-34-20-8-21-35-52)58(67-41-50-30-16-6-17-31-50)56(66-40-49-28-14-5-15-29-49)54(71-62)45-64-38-47-24-10-3-11-25-47/h3-37,54-63H,2,38-46H2,1H3/t54-,55-,56-,57-,58+,59+,60-,61-,62-,63+/m1/s1. The van der Waals surface area contributed by atoms with E-state index in [1.54, 1.807) is 11.8 Å². The molecule has 0 saturated carbocycles. The molecular formula is C63H68O10S. The Balaban J connectivity index is 1.11. The highest BCUT2D eigenvalue weighted by Crippen LogP contribution is 2.39. The lowest BCUT2D eigenvalue weighted by atomic mass is 9.96. The van der Waals surface area contributed by atoms with Gasteiger partial charge in [-0.3, -0.25) is 0 Å². The zero-order valence-electron chi connectivity index (χ0n) is 42.0. The van der Waals surface area contributed by atoms with Crippen molar-refractivity contribution in [1.29, 1.82) is 0 Å². The van der Waals surface area contributed by atoms with Crippen LogP contribution in [0.3, 0.4) is 0 Å². The quantitative estimate of drug-likeness (QED) is 0.0493. The molecule has 7 aromatic rings. The van der Waals surface area contributed by atoms with E-state index in [1.165, 1.54) is 0 Å². The minimum absolute atomic E-state index is 0.168. The van der Waals surface area contributed by atoms with Gasteiger partial charge in [0.2, 0.25) is 0 Å². The van der Waals surface area contributed by atoms with Crippen molar-refractivity contribution in [2.45, 2.75) is 114 Å². The lowest BCUT2D eigenvalue weighted by molar-refractivity contribution is -0.360. The summed E-state index contributed by atoms with van der Waals surface area (Å²) in [4.78, 5) is 0. The van der Waals surface area contributed by atoms with Crippen LogP contribution in [0.2, 0.25) is 0 Å². The first-order chi connectivity index (χ1) is 36.7. The summed E-state index contributed by atoms with van der Waals surface area (Å²) in [5.74, 6) is 0.779. The van der Waals surface area contributed by atoms with Gasteiger partial charge in [0.05, 0.1) is 59.5 Å². The Labute approximate surface area is 441 Å². The summed E-state index contributed by atoms with van der Waals surface area (Å²) >= 11 is 1.68. The zero-order chi connectivity index (χ0) is 50.4. The molecular weight excluding hydrogens is 949 g/mol. The second kappa shape index (κ2) is 29.0. The Hall–Kier alpha value is -5.51. The molecule has 2 saturated heterocycles. The largest absolute Gasteiger partial charge is 0.374 e. The van der Waals surface area contributed by atoms with Gasteiger partial charge in [0, 0.05) is 0 Å². The molecule has 2 aliphatic rings.